The quantitative estimate of drug-likeness (QED) is 0.753. The molecular formula is C15H29N. The molecule has 1 nitrogen and oxygen atoms in total. The highest BCUT2D eigenvalue weighted by atomic mass is 14.9. The summed E-state index contributed by atoms with van der Waals surface area (Å²) >= 11 is 0. The molecule has 94 valence electrons. The zero-order valence-electron chi connectivity index (χ0n) is 11.3. The standard InChI is InChI=1S/C15H29N/c1-11(2)13-4-6-14(7-5-13)15-8-12(3)9-16-10-15/h11-16H,4-10H2,1-3H3. The van der Waals surface area contributed by atoms with Gasteiger partial charge in [-0.25, -0.2) is 0 Å². The first kappa shape index (κ1) is 12.4. The van der Waals surface area contributed by atoms with Gasteiger partial charge in [0.1, 0.15) is 0 Å². The van der Waals surface area contributed by atoms with Crippen molar-refractivity contribution in [3.63, 3.8) is 0 Å². The molecule has 0 spiro atoms. The Bertz CT molecular complexity index is 203. The fourth-order valence-corrected chi connectivity index (χ4v) is 3.84. The summed E-state index contributed by atoms with van der Waals surface area (Å²) in [6, 6.07) is 0. The Morgan fingerprint density at radius 3 is 2.19 bits per heavy atom. The largest absolute Gasteiger partial charge is 0.316 e. The molecule has 1 heteroatoms. The monoisotopic (exact) mass is 223 g/mol. The molecule has 1 N–H and O–H groups in total. The first-order valence-electron chi connectivity index (χ1n) is 7.37. The third kappa shape index (κ3) is 3.00. The minimum Gasteiger partial charge on any atom is -0.316 e. The van der Waals surface area contributed by atoms with Crippen LogP contribution in [0.3, 0.4) is 0 Å². The van der Waals surface area contributed by atoms with E-state index in [0.29, 0.717) is 0 Å². The van der Waals surface area contributed by atoms with Crippen LogP contribution in [0.5, 0.6) is 0 Å². The second-order valence-corrected chi connectivity index (χ2v) is 6.68. The Morgan fingerprint density at radius 2 is 1.62 bits per heavy atom. The van der Waals surface area contributed by atoms with Crippen molar-refractivity contribution in [2.75, 3.05) is 13.1 Å². The third-order valence-corrected chi connectivity index (χ3v) is 5.03. The van der Waals surface area contributed by atoms with Gasteiger partial charge in [-0.05, 0) is 74.8 Å². The number of piperidine rings is 1. The molecule has 1 aliphatic carbocycles. The summed E-state index contributed by atoms with van der Waals surface area (Å²) in [6.07, 6.45) is 7.47. The van der Waals surface area contributed by atoms with Crippen molar-refractivity contribution in [3.05, 3.63) is 0 Å². The molecule has 0 aromatic rings. The van der Waals surface area contributed by atoms with E-state index in [2.05, 4.69) is 26.1 Å². The molecule has 0 aromatic heterocycles. The van der Waals surface area contributed by atoms with E-state index < -0.39 is 0 Å². The average molecular weight is 223 g/mol. The second-order valence-electron chi connectivity index (χ2n) is 6.68. The zero-order chi connectivity index (χ0) is 11.5. The van der Waals surface area contributed by atoms with E-state index in [-0.39, 0.29) is 0 Å². The maximum atomic E-state index is 3.62. The van der Waals surface area contributed by atoms with E-state index >= 15 is 0 Å². The van der Waals surface area contributed by atoms with Gasteiger partial charge in [-0.3, -0.25) is 0 Å². The van der Waals surface area contributed by atoms with Gasteiger partial charge in [0, 0.05) is 0 Å². The Kier molecular flexibility index (Phi) is 4.29. The molecule has 1 heterocycles. The number of hydrogen-bond donors (Lipinski definition) is 1. The molecule has 16 heavy (non-hydrogen) atoms. The van der Waals surface area contributed by atoms with Crippen LogP contribution in [0.2, 0.25) is 0 Å². The third-order valence-electron chi connectivity index (χ3n) is 5.03. The van der Waals surface area contributed by atoms with Crippen molar-refractivity contribution >= 4 is 0 Å². The van der Waals surface area contributed by atoms with Crippen molar-refractivity contribution in [1.29, 1.82) is 0 Å². The van der Waals surface area contributed by atoms with Gasteiger partial charge in [0.15, 0.2) is 0 Å². The molecule has 2 aliphatic rings. The molecule has 0 amide bonds. The second kappa shape index (κ2) is 5.53. The predicted octanol–water partition coefficient (Wildman–Crippen LogP) is 3.69. The van der Waals surface area contributed by atoms with Gasteiger partial charge < -0.3 is 5.32 Å². The molecule has 1 aliphatic heterocycles. The summed E-state index contributed by atoms with van der Waals surface area (Å²) in [6.45, 7) is 9.74. The lowest BCUT2D eigenvalue weighted by molar-refractivity contribution is 0.140. The van der Waals surface area contributed by atoms with Crippen molar-refractivity contribution in [2.24, 2.45) is 29.6 Å². The number of nitrogens with one attached hydrogen (secondary N) is 1. The molecule has 0 bridgehead atoms. The zero-order valence-corrected chi connectivity index (χ0v) is 11.3. The van der Waals surface area contributed by atoms with Gasteiger partial charge in [0.2, 0.25) is 0 Å². The fraction of sp³-hybridized carbons (Fsp3) is 1.00. The van der Waals surface area contributed by atoms with Gasteiger partial charge in [-0.2, -0.15) is 0 Å². The molecule has 1 saturated heterocycles. The Labute approximate surface area is 101 Å². The van der Waals surface area contributed by atoms with Crippen LogP contribution < -0.4 is 5.32 Å². The van der Waals surface area contributed by atoms with E-state index in [4.69, 9.17) is 0 Å². The highest BCUT2D eigenvalue weighted by Crippen LogP contribution is 2.39. The van der Waals surface area contributed by atoms with Crippen LogP contribution in [0.4, 0.5) is 0 Å². The summed E-state index contributed by atoms with van der Waals surface area (Å²) in [7, 11) is 0. The topological polar surface area (TPSA) is 12.0 Å². The normalized spacial score (nSPS) is 41.2. The lowest BCUT2D eigenvalue weighted by Crippen LogP contribution is -2.39. The van der Waals surface area contributed by atoms with Gasteiger partial charge in [0.05, 0.1) is 0 Å². The SMILES string of the molecule is CC1CNCC(C2CCC(C(C)C)CC2)C1. The highest BCUT2D eigenvalue weighted by Gasteiger charge is 2.30. The molecule has 2 atom stereocenters. The molecular weight excluding hydrogens is 194 g/mol. The van der Waals surface area contributed by atoms with E-state index in [1.54, 1.807) is 0 Å². The van der Waals surface area contributed by atoms with Gasteiger partial charge in [-0.15, -0.1) is 0 Å². The predicted molar refractivity (Wildman–Crippen MR) is 70.4 cm³/mol. The van der Waals surface area contributed by atoms with Gasteiger partial charge in [0.25, 0.3) is 0 Å². The first-order valence-corrected chi connectivity index (χ1v) is 7.37. The number of hydrogen-bond acceptors (Lipinski definition) is 1. The van der Waals surface area contributed by atoms with Crippen LogP contribution in [0.15, 0.2) is 0 Å². The van der Waals surface area contributed by atoms with E-state index in [0.717, 1.165) is 29.6 Å². The van der Waals surface area contributed by atoms with E-state index in [9.17, 15) is 0 Å². The summed E-state index contributed by atoms with van der Waals surface area (Å²) in [4.78, 5) is 0. The maximum Gasteiger partial charge on any atom is -0.00176 e. The Morgan fingerprint density at radius 1 is 0.938 bits per heavy atom. The van der Waals surface area contributed by atoms with Crippen molar-refractivity contribution < 1.29 is 0 Å². The van der Waals surface area contributed by atoms with Crippen molar-refractivity contribution in [3.8, 4) is 0 Å². The molecule has 0 aromatic carbocycles. The first-order chi connectivity index (χ1) is 7.66. The minimum absolute atomic E-state index is 0.904. The summed E-state index contributed by atoms with van der Waals surface area (Å²) in [5.41, 5.74) is 0. The molecule has 2 fully saturated rings. The van der Waals surface area contributed by atoms with Crippen LogP contribution in [0.1, 0.15) is 52.9 Å². The van der Waals surface area contributed by atoms with Crippen LogP contribution >= 0.6 is 0 Å². The highest BCUT2D eigenvalue weighted by molar-refractivity contribution is 4.83. The molecule has 1 saturated carbocycles. The van der Waals surface area contributed by atoms with Gasteiger partial charge in [-0.1, -0.05) is 20.8 Å². The average Bonchev–Trinajstić information content (AvgIpc) is 2.29. The lowest BCUT2D eigenvalue weighted by atomic mass is 9.70. The summed E-state index contributed by atoms with van der Waals surface area (Å²) in [5, 5.41) is 3.62. The van der Waals surface area contributed by atoms with Crippen molar-refractivity contribution in [2.45, 2.75) is 52.9 Å². The van der Waals surface area contributed by atoms with Gasteiger partial charge >= 0.3 is 0 Å². The number of rotatable bonds is 2. The summed E-state index contributed by atoms with van der Waals surface area (Å²) in [5.74, 6) is 4.85. The van der Waals surface area contributed by atoms with Crippen LogP contribution in [0.25, 0.3) is 0 Å². The van der Waals surface area contributed by atoms with E-state index in [1.807, 2.05) is 0 Å². The van der Waals surface area contributed by atoms with E-state index in [1.165, 1.54) is 45.2 Å². The van der Waals surface area contributed by atoms with Crippen molar-refractivity contribution in [1.82, 2.24) is 5.32 Å². The lowest BCUT2D eigenvalue weighted by Gasteiger charge is -2.38. The maximum absolute atomic E-state index is 3.62. The Hall–Kier alpha value is -0.0400. The molecule has 2 unspecified atom stereocenters. The minimum atomic E-state index is 0.904. The smallest absolute Gasteiger partial charge is 0.00176 e. The molecule has 0 radical (unpaired) electrons. The van der Waals surface area contributed by atoms with Crippen LogP contribution in [0, 0.1) is 29.6 Å². The fourth-order valence-electron chi connectivity index (χ4n) is 3.84. The molecule has 2 rings (SSSR count). The van der Waals surface area contributed by atoms with Crippen LogP contribution in [-0.4, -0.2) is 13.1 Å². The Balaban J connectivity index is 1.79. The van der Waals surface area contributed by atoms with Crippen LogP contribution in [-0.2, 0) is 0 Å². The summed E-state index contributed by atoms with van der Waals surface area (Å²) < 4.78 is 0.